The molecule has 2 heterocycles. The number of ether oxygens (including phenoxy) is 1. The van der Waals surface area contributed by atoms with Crippen molar-refractivity contribution in [3.63, 3.8) is 0 Å². The minimum absolute atomic E-state index is 0.106. The molecular weight excluding hydrogens is 226 g/mol. The first-order valence-electron chi connectivity index (χ1n) is 6.49. The number of nitrogens with zero attached hydrogens (tertiary/aromatic N) is 1. The second-order valence-corrected chi connectivity index (χ2v) is 4.87. The Kier molecular flexibility index (Phi) is 2.92. The molecule has 1 unspecified atom stereocenters. The fourth-order valence-corrected chi connectivity index (χ4v) is 2.56. The molecule has 3 heteroatoms. The average Bonchev–Trinajstić information content (AvgIpc) is 2.82. The highest BCUT2D eigenvalue weighted by Gasteiger charge is 2.17. The highest BCUT2D eigenvalue weighted by atomic mass is 16.5. The summed E-state index contributed by atoms with van der Waals surface area (Å²) in [4.78, 5) is 11.5. The van der Waals surface area contributed by atoms with E-state index >= 15 is 0 Å². The van der Waals surface area contributed by atoms with Gasteiger partial charge in [0.1, 0.15) is 6.23 Å². The number of aromatic nitrogens is 1. The van der Waals surface area contributed by atoms with Crippen molar-refractivity contribution in [3.8, 4) is 0 Å². The molecule has 3 nitrogen and oxygen atoms in total. The van der Waals surface area contributed by atoms with Gasteiger partial charge in [0.2, 0.25) is 0 Å². The summed E-state index contributed by atoms with van der Waals surface area (Å²) in [7, 11) is 0. The quantitative estimate of drug-likeness (QED) is 0.755. The fraction of sp³-hybridized carbons (Fsp3) is 0.400. The molecule has 1 aromatic heterocycles. The Morgan fingerprint density at radius 1 is 1.33 bits per heavy atom. The largest absolute Gasteiger partial charge is 0.358 e. The van der Waals surface area contributed by atoms with Crippen molar-refractivity contribution in [2.45, 2.75) is 32.4 Å². The minimum atomic E-state index is 0.106. The van der Waals surface area contributed by atoms with Crippen molar-refractivity contribution in [3.05, 3.63) is 36.0 Å². The van der Waals surface area contributed by atoms with Gasteiger partial charge in [0.05, 0.1) is 5.52 Å². The van der Waals surface area contributed by atoms with Crippen LogP contribution in [0.15, 0.2) is 30.5 Å². The molecule has 1 aliphatic heterocycles. The third-order valence-corrected chi connectivity index (χ3v) is 3.60. The smallest absolute Gasteiger partial charge is 0.159 e. The highest BCUT2D eigenvalue weighted by Crippen LogP contribution is 2.28. The van der Waals surface area contributed by atoms with Crippen LogP contribution >= 0.6 is 0 Å². The molecular formula is C15H17NO2. The molecule has 0 amide bonds. The average molecular weight is 243 g/mol. The van der Waals surface area contributed by atoms with Gasteiger partial charge in [-0.15, -0.1) is 0 Å². The monoisotopic (exact) mass is 243 g/mol. The summed E-state index contributed by atoms with van der Waals surface area (Å²) in [5.74, 6) is 0.106. The summed E-state index contributed by atoms with van der Waals surface area (Å²) in [5, 5.41) is 1.16. The number of hydrogen-bond acceptors (Lipinski definition) is 2. The number of carbonyl (C=O) groups excluding carboxylic acids is 1. The van der Waals surface area contributed by atoms with E-state index in [2.05, 4.69) is 16.8 Å². The van der Waals surface area contributed by atoms with E-state index in [0.717, 1.165) is 35.9 Å². The number of ketones is 1. The summed E-state index contributed by atoms with van der Waals surface area (Å²) in [6.45, 7) is 2.43. The predicted octanol–water partition coefficient (Wildman–Crippen LogP) is 3.54. The van der Waals surface area contributed by atoms with Gasteiger partial charge in [-0.3, -0.25) is 4.79 Å². The third-order valence-electron chi connectivity index (χ3n) is 3.60. The zero-order chi connectivity index (χ0) is 12.5. The number of carbonyl (C=O) groups is 1. The Morgan fingerprint density at radius 2 is 2.22 bits per heavy atom. The maximum Gasteiger partial charge on any atom is 0.159 e. The van der Waals surface area contributed by atoms with Crippen molar-refractivity contribution in [1.82, 2.24) is 4.57 Å². The predicted molar refractivity (Wildman–Crippen MR) is 70.8 cm³/mol. The van der Waals surface area contributed by atoms with Crippen molar-refractivity contribution < 1.29 is 9.53 Å². The van der Waals surface area contributed by atoms with Crippen LogP contribution < -0.4 is 0 Å². The van der Waals surface area contributed by atoms with Gasteiger partial charge in [0, 0.05) is 18.4 Å². The fourth-order valence-electron chi connectivity index (χ4n) is 2.56. The number of benzene rings is 1. The Bertz CT molecular complexity index is 579. The molecule has 1 atom stereocenters. The summed E-state index contributed by atoms with van der Waals surface area (Å²) < 4.78 is 7.96. The van der Waals surface area contributed by atoms with Crippen LogP contribution in [0.25, 0.3) is 10.9 Å². The van der Waals surface area contributed by atoms with Crippen molar-refractivity contribution in [2.24, 2.45) is 0 Å². The van der Waals surface area contributed by atoms with Gasteiger partial charge in [-0.1, -0.05) is 12.1 Å². The van der Waals surface area contributed by atoms with Gasteiger partial charge < -0.3 is 9.30 Å². The molecule has 0 radical (unpaired) electrons. The molecule has 0 aliphatic carbocycles. The van der Waals surface area contributed by atoms with E-state index in [1.54, 1.807) is 6.92 Å². The maximum atomic E-state index is 11.5. The van der Waals surface area contributed by atoms with Crippen LogP contribution in [0.1, 0.15) is 42.8 Å². The molecule has 94 valence electrons. The van der Waals surface area contributed by atoms with E-state index in [9.17, 15) is 4.79 Å². The Labute approximate surface area is 106 Å². The second-order valence-electron chi connectivity index (χ2n) is 4.87. The molecule has 1 aromatic carbocycles. The van der Waals surface area contributed by atoms with Crippen LogP contribution in [0.3, 0.4) is 0 Å². The van der Waals surface area contributed by atoms with Crippen LogP contribution in [0.5, 0.6) is 0 Å². The molecule has 0 saturated carbocycles. The molecule has 18 heavy (non-hydrogen) atoms. The topological polar surface area (TPSA) is 31.2 Å². The Hall–Kier alpha value is -1.61. The van der Waals surface area contributed by atoms with E-state index < -0.39 is 0 Å². The molecule has 0 N–H and O–H groups in total. The first kappa shape index (κ1) is 11.5. The standard InChI is InChI=1S/C15H17NO2/c1-11(17)13-6-5-12-7-8-16(14(12)10-13)15-4-2-3-9-18-15/h5-8,10,15H,2-4,9H2,1H3. The lowest BCUT2D eigenvalue weighted by Gasteiger charge is -2.24. The summed E-state index contributed by atoms with van der Waals surface area (Å²) in [5.41, 5.74) is 1.85. The summed E-state index contributed by atoms with van der Waals surface area (Å²) in [6, 6.07) is 7.94. The Morgan fingerprint density at radius 3 is 2.94 bits per heavy atom. The van der Waals surface area contributed by atoms with Crippen LogP contribution in [0.4, 0.5) is 0 Å². The van der Waals surface area contributed by atoms with Crippen LogP contribution in [-0.2, 0) is 4.74 Å². The van der Waals surface area contributed by atoms with E-state index in [1.807, 2.05) is 18.2 Å². The molecule has 1 aliphatic rings. The molecule has 0 bridgehead atoms. The van der Waals surface area contributed by atoms with Gasteiger partial charge in [0.15, 0.2) is 5.78 Å². The second kappa shape index (κ2) is 4.58. The lowest BCUT2D eigenvalue weighted by Crippen LogP contribution is -2.17. The lowest BCUT2D eigenvalue weighted by atomic mass is 10.1. The van der Waals surface area contributed by atoms with Crippen LogP contribution in [-0.4, -0.2) is 17.0 Å². The Balaban J connectivity index is 2.05. The van der Waals surface area contributed by atoms with E-state index in [-0.39, 0.29) is 12.0 Å². The van der Waals surface area contributed by atoms with E-state index in [4.69, 9.17) is 4.74 Å². The third kappa shape index (κ3) is 1.95. The SMILES string of the molecule is CC(=O)c1ccc2ccn(C3CCCCO3)c2c1. The van der Waals surface area contributed by atoms with Crippen LogP contribution in [0, 0.1) is 0 Å². The van der Waals surface area contributed by atoms with E-state index in [0.29, 0.717) is 0 Å². The molecule has 1 fully saturated rings. The van der Waals surface area contributed by atoms with E-state index in [1.165, 1.54) is 6.42 Å². The van der Waals surface area contributed by atoms with Crippen LogP contribution in [0.2, 0.25) is 0 Å². The van der Waals surface area contributed by atoms with Crippen molar-refractivity contribution >= 4 is 16.7 Å². The summed E-state index contributed by atoms with van der Waals surface area (Å²) >= 11 is 0. The highest BCUT2D eigenvalue weighted by molar-refractivity contribution is 5.97. The first-order chi connectivity index (χ1) is 8.75. The van der Waals surface area contributed by atoms with Gasteiger partial charge in [-0.05, 0) is 43.7 Å². The molecule has 0 spiro atoms. The number of hydrogen-bond donors (Lipinski definition) is 0. The zero-order valence-electron chi connectivity index (χ0n) is 10.6. The van der Waals surface area contributed by atoms with Gasteiger partial charge >= 0.3 is 0 Å². The van der Waals surface area contributed by atoms with Crippen molar-refractivity contribution in [1.29, 1.82) is 0 Å². The number of rotatable bonds is 2. The minimum Gasteiger partial charge on any atom is -0.358 e. The molecule has 3 rings (SSSR count). The zero-order valence-corrected chi connectivity index (χ0v) is 10.6. The van der Waals surface area contributed by atoms with Gasteiger partial charge in [-0.25, -0.2) is 0 Å². The summed E-state index contributed by atoms with van der Waals surface area (Å²) in [6.07, 6.45) is 5.59. The molecule has 2 aromatic rings. The lowest BCUT2D eigenvalue weighted by molar-refractivity contribution is -0.0291. The van der Waals surface area contributed by atoms with Gasteiger partial charge in [0.25, 0.3) is 0 Å². The maximum absolute atomic E-state index is 11.5. The molecule has 1 saturated heterocycles. The number of Topliss-reactive ketones (excluding diaryl/α,β-unsaturated/α-hetero) is 1. The first-order valence-corrected chi connectivity index (χ1v) is 6.49. The van der Waals surface area contributed by atoms with Gasteiger partial charge in [-0.2, -0.15) is 0 Å². The normalized spacial score (nSPS) is 20.2. The number of fused-ring (bicyclic) bond motifs is 1. The van der Waals surface area contributed by atoms with Crippen molar-refractivity contribution in [2.75, 3.05) is 6.61 Å².